The van der Waals surface area contributed by atoms with Crippen LogP contribution < -0.4 is 4.90 Å². The van der Waals surface area contributed by atoms with E-state index >= 15 is 0 Å². The maximum Gasteiger partial charge on any atom is 0.164 e. The molecule has 5 heteroatoms. The van der Waals surface area contributed by atoms with Gasteiger partial charge in [0.1, 0.15) is 11.2 Å². The van der Waals surface area contributed by atoms with Crippen molar-refractivity contribution in [2.75, 3.05) is 4.90 Å². The van der Waals surface area contributed by atoms with E-state index in [1.54, 1.807) is 0 Å². The molecule has 5 nitrogen and oxygen atoms in total. The third kappa shape index (κ3) is 6.45. The van der Waals surface area contributed by atoms with Gasteiger partial charge in [0.15, 0.2) is 17.5 Å². The summed E-state index contributed by atoms with van der Waals surface area (Å²) in [4.78, 5) is 17.4. The zero-order chi connectivity index (χ0) is 39.8. The van der Waals surface area contributed by atoms with Gasteiger partial charge in [-0.15, -0.1) is 0 Å². The first-order valence-electron chi connectivity index (χ1n) is 20.1. The van der Waals surface area contributed by atoms with Crippen molar-refractivity contribution in [2.24, 2.45) is 0 Å². The first-order valence-corrected chi connectivity index (χ1v) is 20.1. The number of hydrogen-bond donors (Lipinski definition) is 0. The first-order chi connectivity index (χ1) is 29.7. The number of rotatable bonds is 8. The van der Waals surface area contributed by atoms with Crippen molar-refractivity contribution in [1.82, 2.24) is 15.0 Å². The standard InChI is InChI=1S/C55H36N4O/c1-5-15-37(16-6-1)39-25-29-43(30-26-39)59(44-31-27-40(28-32-44)38-17-7-2-8-18-38)45-33-34-48-50(35-45)60-51-36-49(46-23-13-14-24-47(46)52(48)51)55-57-53(41-19-9-3-10-20-41)56-54(58-55)42-21-11-4-12-22-42/h1-36H. The molecule has 0 amide bonds. The molecule has 0 bridgehead atoms. The Morgan fingerprint density at radius 1 is 0.300 bits per heavy atom. The Morgan fingerprint density at radius 2 is 0.717 bits per heavy atom. The maximum absolute atomic E-state index is 6.87. The first kappa shape index (κ1) is 35.0. The minimum absolute atomic E-state index is 0.589. The van der Waals surface area contributed by atoms with Crippen LogP contribution >= 0.6 is 0 Å². The fraction of sp³-hybridized carbons (Fsp3) is 0. The number of fused-ring (bicyclic) bond motifs is 5. The fourth-order valence-electron chi connectivity index (χ4n) is 8.20. The van der Waals surface area contributed by atoms with Gasteiger partial charge in [-0.3, -0.25) is 0 Å². The van der Waals surface area contributed by atoms with E-state index in [9.17, 15) is 0 Å². The van der Waals surface area contributed by atoms with Gasteiger partial charge in [0.05, 0.1) is 0 Å². The van der Waals surface area contributed by atoms with Crippen molar-refractivity contribution in [3.8, 4) is 56.4 Å². The average molecular weight is 769 g/mol. The molecule has 11 rings (SSSR count). The Hall–Kier alpha value is -8.15. The van der Waals surface area contributed by atoms with Gasteiger partial charge in [0.2, 0.25) is 0 Å². The maximum atomic E-state index is 6.87. The molecule has 0 unspecified atom stereocenters. The second kappa shape index (κ2) is 15.0. The molecule has 9 aromatic carbocycles. The van der Waals surface area contributed by atoms with Gasteiger partial charge in [-0.1, -0.05) is 170 Å². The summed E-state index contributed by atoms with van der Waals surface area (Å²) < 4.78 is 6.87. The lowest BCUT2D eigenvalue weighted by Crippen LogP contribution is -2.09. The van der Waals surface area contributed by atoms with E-state index in [2.05, 4.69) is 150 Å². The predicted molar refractivity (Wildman–Crippen MR) is 246 cm³/mol. The minimum atomic E-state index is 0.589. The monoisotopic (exact) mass is 768 g/mol. The van der Waals surface area contributed by atoms with Gasteiger partial charge >= 0.3 is 0 Å². The van der Waals surface area contributed by atoms with Crippen LogP contribution in [-0.2, 0) is 0 Å². The molecule has 282 valence electrons. The van der Waals surface area contributed by atoms with Gasteiger partial charge < -0.3 is 9.32 Å². The normalized spacial score (nSPS) is 11.3. The molecular formula is C55H36N4O. The molecule has 2 heterocycles. The zero-order valence-electron chi connectivity index (χ0n) is 32.5. The quantitative estimate of drug-likeness (QED) is 0.154. The van der Waals surface area contributed by atoms with Crippen LogP contribution in [0.25, 0.3) is 89.1 Å². The number of benzene rings is 9. The zero-order valence-corrected chi connectivity index (χ0v) is 32.5. The second-order valence-corrected chi connectivity index (χ2v) is 14.8. The van der Waals surface area contributed by atoms with Crippen LogP contribution in [0, 0.1) is 0 Å². The Morgan fingerprint density at radius 3 is 1.23 bits per heavy atom. The van der Waals surface area contributed by atoms with Gasteiger partial charge in [-0.05, 0) is 75.5 Å². The summed E-state index contributed by atoms with van der Waals surface area (Å²) in [7, 11) is 0. The molecule has 0 saturated heterocycles. The van der Waals surface area contributed by atoms with Crippen LogP contribution in [0.1, 0.15) is 0 Å². The van der Waals surface area contributed by atoms with Gasteiger partial charge in [-0.2, -0.15) is 0 Å². The van der Waals surface area contributed by atoms with Crippen molar-refractivity contribution in [1.29, 1.82) is 0 Å². The molecule has 0 radical (unpaired) electrons. The largest absolute Gasteiger partial charge is 0.456 e. The highest BCUT2D eigenvalue weighted by molar-refractivity contribution is 6.22. The molecule has 0 aliphatic heterocycles. The summed E-state index contributed by atoms with van der Waals surface area (Å²) in [6.45, 7) is 0. The Balaban J connectivity index is 1.06. The second-order valence-electron chi connectivity index (χ2n) is 14.8. The highest BCUT2D eigenvalue weighted by atomic mass is 16.3. The van der Waals surface area contributed by atoms with E-state index in [4.69, 9.17) is 19.4 Å². The average Bonchev–Trinajstić information content (AvgIpc) is 3.71. The van der Waals surface area contributed by atoms with Crippen LogP contribution in [0.4, 0.5) is 17.1 Å². The Kier molecular flexibility index (Phi) is 8.75. The molecule has 0 saturated carbocycles. The Bertz CT molecular complexity index is 3140. The number of nitrogens with zero attached hydrogens (tertiary/aromatic N) is 4. The lowest BCUT2D eigenvalue weighted by molar-refractivity contribution is 0.669. The summed E-state index contributed by atoms with van der Waals surface area (Å²) >= 11 is 0. The molecule has 0 N–H and O–H groups in total. The molecule has 0 aliphatic carbocycles. The van der Waals surface area contributed by atoms with E-state index in [1.165, 1.54) is 22.3 Å². The lowest BCUT2D eigenvalue weighted by atomic mass is 9.98. The van der Waals surface area contributed by atoms with E-state index in [1.807, 2.05) is 72.8 Å². The van der Waals surface area contributed by atoms with Crippen molar-refractivity contribution < 1.29 is 4.42 Å². The third-order valence-corrected chi connectivity index (χ3v) is 11.1. The summed E-state index contributed by atoms with van der Waals surface area (Å²) in [6, 6.07) is 75.8. The van der Waals surface area contributed by atoms with Gasteiger partial charge in [0, 0.05) is 50.6 Å². The number of anilines is 3. The van der Waals surface area contributed by atoms with Crippen molar-refractivity contribution in [3.05, 3.63) is 218 Å². The van der Waals surface area contributed by atoms with Crippen LogP contribution in [-0.4, -0.2) is 15.0 Å². The van der Waals surface area contributed by atoms with E-state index in [0.717, 1.165) is 66.5 Å². The van der Waals surface area contributed by atoms with E-state index < -0.39 is 0 Å². The molecule has 0 atom stereocenters. The molecule has 0 spiro atoms. The van der Waals surface area contributed by atoms with E-state index in [0.29, 0.717) is 17.5 Å². The molecule has 60 heavy (non-hydrogen) atoms. The van der Waals surface area contributed by atoms with Crippen molar-refractivity contribution in [3.63, 3.8) is 0 Å². The van der Waals surface area contributed by atoms with Crippen LogP contribution in [0.15, 0.2) is 223 Å². The minimum Gasteiger partial charge on any atom is -0.456 e. The van der Waals surface area contributed by atoms with Crippen LogP contribution in [0.5, 0.6) is 0 Å². The van der Waals surface area contributed by atoms with Crippen molar-refractivity contribution >= 4 is 49.8 Å². The molecule has 0 fully saturated rings. The van der Waals surface area contributed by atoms with E-state index in [-0.39, 0.29) is 0 Å². The summed E-state index contributed by atoms with van der Waals surface area (Å²) in [5.74, 6) is 1.82. The number of furan rings is 1. The molecule has 2 aromatic heterocycles. The highest BCUT2D eigenvalue weighted by Crippen LogP contribution is 2.43. The predicted octanol–water partition coefficient (Wildman–Crippen LogP) is 14.7. The number of hydrogen-bond acceptors (Lipinski definition) is 5. The van der Waals surface area contributed by atoms with Crippen molar-refractivity contribution in [2.45, 2.75) is 0 Å². The fourth-order valence-corrected chi connectivity index (χ4v) is 8.20. The third-order valence-electron chi connectivity index (χ3n) is 11.1. The van der Waals surface area contributed by atoms with Gasteiger partial charge in [0.25, 0.3) is 0 Å². The molecule has 11 aromatic rings. The topological polar surface area (TPSA) is 55.1 Å². The Labute approximate surface area is 347 Å². The van der Waals surface area contributed by atoms with Crippen LogP contribution in [0.2, 0.25) is 0 Å². The highest BCUT2D eigenvalue weighted by Gasteiger charge is 2.21. The molecule has 0 aliphatic rings. The molecular weight excluding hydrogens is 733 g/mol. The smallest absolute Gasteiger partial charge is 0.164 e. The summed E-state index contributed by atoms with van der Waals surface area (Å²) in [5.41, 5.74) is 12.1. The summed E-state index contributed by atoms with van der Waals surface area (Å²) in [6.07, 6.45) is 0. The number of aromatic nitrogens is 3. The van der Waals surface area contributed by atoms with Crippen LogP contribution in [0.3, 0.4) is 0 Å². The van der Waals surface area contributed by atoms with Gasteiger partial charge in [-0.25, -0.2) is 15.0 Å². The SMILES string of the molecule is c1ccc(-c2ccc(N(c3ccc(-c4ccccc4)cc3)c3ccc4c(c3)oc3cc(-c5nc(-c6ccccc6)nc(-c6ccccc6)n5)c5ccccc5c34)cc2)cc1. The lowest BCUT2D eigenvalue weighted by Gasteiger charge is -2.26. The summed E-state index contributed by atoms with van der Waals surface area (Å²) in [5, 5.41) is 4.22.